The molecule has 2 N–H and O–H groups in total. The lowest BCUT2D eigenvalue weighted by Gasteiger charge is -2.36. The highest BCUT2D eigenvalue weighted by atomic mass is 79.9. The molecule has 0 unspecified atom stereocenters. The van der Waals surface area contributed by atoms with Crippen LogP contribution in [-0.2, 0) is 6.18 Å². The third kappa shape index (κ3) is 6.03. The zero-order valence-corrected chi connectivity index (χ0v) is 16.7. The maximum absolute atomic E-state index is 13.4. The smallest absolute Gasteiger partial charge is 0.416 e. The Balaban J connectivity index is 0.00000288. The van der Waals surface area contributed by atoms with Gasteiger partial charge < -0.3 is 10.4 Å². The lowest BCUT2D eigenvalue weighted by molar-refractivity contribution is -0.139. The van der Waals surface area contributed by atoms with Gasteiger partial charge in [0.05, 0.1) is 10.0 Å². The molecular weight excluding hydrogens is 444 g/mol. The van der Waals surface area contributed by atoms with Crippen molar-refractivity contribution in [1.29, 1.82) is 0 Å². The van der Waals surface area contributed by atoms with E-state index in [1.807, 2.05) is 4.90 Å². The van der Waals surface area contributed by atoms with E-state index in [-0.39, 0.29) is 40.6 Å². The molecule has 1 aliphatic rings. The van der Waals surface area contributed by atoms with E-state index in [1.165, 1.54) is 6.07 Å². The molecule has 1 aliphatic heterocycles. The third-order valence-corrected chi connectivity index (χ3v) is 4.68. The van der Waals surface area contributed by atoms with Crippen molar-refractivity contribution in [3.05, 3.63) is 40.4 Å². The zero-order chi connectivity index (χ0) is 17.0. The Morgan fingerprint density at radius 3 is 2.40 bits per heavy atom. The summed E-state index contributed by atoms with van der Waals surface area (Å²) < 4.78 is 40.6. The van der Waals surface area contributed by atoms with Crippen molar-refractivity contribution in [3.8, 4) is 5.75 Å². The average Bonchev–Trinajstić information content (AvgIpc) is 2.51. The topological polar surface area (TPSA) is 35.5 Å². The number of hydrogen-bond acceptors (Lipinski definition) is 3. The van der Waals surface area contributed by atoms with Gasteiger partial charge in [-0.2, -0.15) is 13.2 Å². The first kappa shape index (κ1) is 24.5. The van der Waals surface area contributed by atoms with Gasteiger partial charge in [0.25, 0.3) is 0 Å². The van der Waals surface area contributed by atoms with Gasteiger partial charge in [-0.3, -0.25) is 4.90 Å². The molecule has 1 fully saturated rings. The number of nitrogens with one attached hydrogen (secondary N) is 1. The SMILES string of the molecule is C=CCC[C@H](c1c(C(F)(F)F)ccc(Br)c1O)N1CCNCC1.Cl.Cl. The van der Waals surface area contributed by atoms with Crippen molar-refractivity contribution in [2.24, 2.45) is 0 Å². The molecule has 0 aliphatic carbocycles. The quantitative estimate of drug-likeness (QED) is 0.605. The predicted molar refractivity (Wildman–Crippen MR) is 102 cm³/mol. The second kappa shape index (κ2) is 10.6. The molecule has 1 saturated heterocycles. The molecule has 1 atom stereocenters. The van der Waals surface area contributed by atoms with E-state index in [0.717, 1.165) is 19.2 Å². The summed E-state index contributed by atoms with van der Waals surface area (Å²) in [5, 5.41) is 13.5. The Labute approximate surface area is 166 Å². The van der Waals surface area contributed by atoms with Crippen LogP contribution in [0.4, 0.5) is 13.2 Å². The van der Waals surface area contributed by atoms with Gasteiger partial charge in [0, 0.05) is 37.8 Å². The zero-order valence-electron chi connectivity index (χ0n) is 13.5. The van der Waals surface area contributed by atoms with E-state index in [0.29, 0.717) is 25.9 Å². The molecule has 1 aromatic rings. The molecule has 0 radical (unpaired) electrons. The van der Waals surface area contributed by atoms with Crippen LogP contribution in [0.1, 0.15) is 30.0 Å². The minimum Gasteiger partial charge on any atom is -0.506 e. The van der Waals surface area contributed by atoms with Gasteiger partial charge in [0.1, 0.15) is 5.75 Å². The summed E-state index contributed by atoms with van der Waals surface area (Å²) in [5.41, 5.74) is -0.818. The molecule has 3 nitrogen and oxygen atoms in total. The summed E-state index contributed by atoms with van der Waals surface area (Å²) >= 11 is 3.14. The fraction of sp³-hybridized carbons (Fsp3) is 0.500. The highest BCUT2D eigenvalue weighted by molar-refractivity contribution is 9.10. The van der Waals surface area contributed by atoms with Crippen molar-refractivity contribution < 1.29 is 18.3 Å². The largest absolute Gasteiger partial charge is 0.506 e. The highest BCUT2D eigenvalue weighted by Crippen LogP contribution is 2.45. The summed E-state index contributed by atoms with van der Waals surface area (Å²) in [6, 6.07) is 1.77. The van der Waals surface area contributed by atoms with Crippen molar-refractivity contribution >= 4 is 40.7 Å². The van der Waals surface area contributed by atoms with Gasteiger partial charge in [0.2, 0.25) is 0 Å². The highest BCUT2D eigenvalue weighted by Gasteiger charge is 2.38. The monoisotopic (exact) mass is 464 g/mol. The van der Waals surface area contributed by atoms with Crippen molar-refractivity contribution in [2.75, 3.05) is 26.2 Å². The van der Waals surface area contributed by atoms with Crippen molar-refractivity contribution in [3.63, 3.8) is 0 Å². The average molecular weight is 466 g/mol. The first-order valence-corrected chi connectivity index (χ1v) is 8.29. The maximum Gasteiger partial charge on any atom is 0.416 e. The van der Waals surface area contributed by atoms with Gasteiger partial charge in [-0.05, 0) is 40.9 Å². The molecule has 1 heterocycles. The van der Waals surface area contributed by atoms with Crippen LogP contribution in [0.25, 0.3) is 0 Å². The minimum absolute atomic E-state index is 0. The molecule has 25 heavy (non-hydrogen) atoms. The standard InChI is InChI=1S/C16H20BrF3N2O.2ClH/c1-2-3-4-13(22-9-7-21-8-10-22)14-11(16(18,19)20)5-6-12(17)15(14)23;;/h2,5-6,13,21,23H,1,3-4,7-10H2;2*1H/t13-;;/m1../s1. The molecule has 0 saturated carbocycles. The summed E-state index contributed by atoms with van der Waals surface area (Å²) in [7, 11) is 0. The number of rotatable bonds is 5. The number of allylic oxidation sites excluding steroid dienone is 1. The lowest BCUT2D eigenvalue weighted by Crippen LogP contribution is -2.45. The second-order valence-corrected chi connectivity index (χ2v) is 6.38. The first-order valence-electron chi connectivity index (χ1n) is 7.50. The van der Waals surface area contributed by atoms with Crippen molar-refractivity contribution in [1.82, 2.24) is 10.2 Å². The molecule has 0 aromatic heterocycles. The summed E-state index contributed by atoms with van der Waals surface area (Å²) in [6.07, 6.45) is -1.75. The Morgan fingerprint density at radius 1 is 1.28 bits per heavy atom. The normalized spacial score (nSPS) is 16.5. The Kier molecular flexibility index (Phi) is 10.4. The fourth-order valence-corrected chi connectivity index (χ4v) is 3.29. The van der Waals surface area contributed by atoms with E-state index in [2.05, 4.69) is 27.8 Å². The van der Waals surface area contributed by atoms with E-state index in [9.17, 15) is 18.3 Å². The molecule has 9 heteroatoms. The molecule has 0 spiro atoms. The van der Waals surface area contributed by atoms with Crippen LogP contribution in [0.2, 0.25) is 0 Å². The van der Waals surface area contributed by atoms with Gasteiger partial charge in [-0.15, -0.1) is 31.4 Å². The van der Waals surface area contributed by atoms with E-state index in [1.54, 1.807) is 6.08 Å². The number of benzene rings is 1. The minimum atomic E-state index is -4.51. The van der Waals surface area contributed by atoms with Gasteiger partial charge >= 0.3 is 6.18 Å². The summed E-state index contributed by atoms with van der Waals surface area (Å²) in [5.74, 6) is -0.326. The van der Waals surface area contributed by atoms with Crippen LogP contribution in [0, 0.1) is 0 Å². The molecule has 2 rings (SSSR count). The number of aromatic hydroxyl groups is 1. The molecule has 0 bridgehead atoms. The number of piperazine rings is 1. The van der Waals surface area contributed by atoms with E-state index in [4.69, 9.17) is 0 Å². The fourth-order valence-electron chi connectivity index (χ4n) is 2.94. The number of hydrogen-bond donors (Lipinski definition) is 2. The maximum atomic E-state index is 13.4. The number of alkyl halides is 3. The summed E-state index contributed by atoms with van der Waals surface area (Å²) in [4.78, 5) is 2.00. The third-order valence-electron chi connectivity index (χ3n) is 4.04. The van der Waals surface area contributed by atoms with E-state index < -0.39 is 17.8 Å². The molecule has 0 amide bonds. The van der Waals surface area contributed by atoms with Crippen LogP contribution < -0.4 is 5.32 Å². The van der Waals surface area contributed by atoms with E-state index >= 15 is 0 Å². The Hall–Kier alpha value is -0.470. The number of nitrogens with zero attached hydrogens (tertiary/aromatic N) is 1. The van der Waals surface area contributed by atoms with Crippen LogP contribution in [0.15, 0.2) is 29.3 Å². The molecule has 144 valence electrons. The van der Waals surface area contributed by atoms with Crippen molar-refractivity contribution in [2.45, 2.75) is 25.1 Å². The predicted octanol–water partition coefficient (Wildman–Crippen LogP) is 4.93. The number of phenolic OH excluding ortho intramolecular Hbond substituents is 1. The van der Waals surface area contributed by atoms with Crippen LogP contribution in [-0.4, -0.2) is 36.2 Å². The second-order valence-electron chi connectivity index (χ2n) is 5.52. The molecule has 1 aromatic carbocycles. The van der Waals surface area contributed by atoms with Gasteiger partial charge in [-0.25, -0.2) is 0 Å². The Bertz CT molecular complexity index is 567. The van der Waals surface area contributed by atoms with Gasteiger partial charge in [-0.1, -0.05) is 6.08 Å². The first-order chi connectivity index (χ1) is 10.9. The van der Waals surface area contributed by atoms with Crippen LogP contribution >= 0.6 is 40.7 Å². The van der Waals surface area contributed by atoms with Crippen LogP contribution in [0.5, 0.6) is 5.75 Å². The Morgan fingerprint density at radius 2 is 1.88 bits per heavy atom. The van der Waals surface area contributed by atoms with Gasteiger partial charge in [0.15, 0.2) is 0 Å². The molecular formula is C16H22BrCl2F3N2O. The summed E-state index contributed by atoms with van der Waals surface area (Å²) in [6.45, 7) is 6.39. The number of phenols is 1. The number of halogens is 6. The lowest BCUT2D eigenvalue weighted by atomic mass is 9.93. The van der Waals surface area contributed by atoms with Crippen LogP contribution in [0.3, 0.4) is 0 Å².